The van der Waals surface area contributed by atoms with E-state index in [4.69, 9.17) is 19.9 Å². The molecule has 1 atom stereocenters. The van der Waals surface area contributed by atoms with E-state index in [-0.39, 0.29) is 71.0 Å². The van der Waals surface area contributed by atoms with Gasteiger partial charge in [0, 0.05) is 25.8 Å². The minimum absolute atomic E-state index is 0.00582. The normalized spacial score (nSPS) is 11.6. The van der Waals surface area contributed by atoms with E-state index in [2.05, 4.69) is 20.0 Å². The molecule has 0 fully saturated rings. The smallest absolute Gasteiger partial charge is 0.409 e. The van der Waals surface area contributed by atoms with E-state index >= 15 is 0 Å². The van der Waals surface area contributed by atoms with Crippen molar-refractivity contribution >= 4 is 24.4 Å². The Kier molecular flexibility index (Phi) is 15.7. The zero-order chi connectivity index (χ0) is 24.2. The SMILES string of the molecule is NC(CC(=O)OCCCO[N+](=O)[O-])=NCCCC(NC(=O)OCCCO[N+](=O)[O-])OC=O. The van der Waals surface area contributed by atoms with Crippen LogP contribution in [0.25, 0.3) is 0 Å². The van der Waals surface area contributed by atoms with Crippen molar-refractivity contribution in [2.45, 2.75) is 38.3 Å². The number of nitrogens with one attached hydrogen (secondary N) is 1. The largest absolute Gasteiger partial charge is 0.465 e. The van der Waals surface area contributed by atoms with Crippen molar-refractivity contribution in [3.05, 3.63) is 20.2 Å². The predicted molar refractivity (Wildman–Crippen MR) is 102 cm³/mol. The summed E-state index contributed by atoms with van der Waals surface area (Å²) in [7, 11) is 0. The van der Waals surface area contributed by atoms with Crippen molar-refractivity contribution in [2.24, 2.45) is 10.7 Å². The molecule has 0 aromatic rings. The highest BCUT2D eigenvalue weighted by Crippen LogP contribution is 2.01. The lowest BCUT2D eigenvalue weighted by atomic mass is 10.3. The molecule has 0 saturated heterocycles. The molecule has 32 heavy (non-hydrogen) atoms. The third-order valence-corrected chi connectivity index (χ3v) is 3.23. The van der Waals surface area contributed by atoms with E-state index in [1.54, 1.807) is 0 Å². The maximum absolute atomic E-state index is 11.6. The van der Waals surface area contributed by atoms with Crippen LogP contribution in [0.2, 0.25) is 0 Å². The number of amides is 1. The number of nitrogens with two attached hydrogens (primary N) is 1. The van der Waals surface area contributed by atoms with Gasteiger partial charge in [-0.2, -0.15) is 0 Å². The molecule has 0 bridgehead atoms. The molecule has 0 aliphatic heterocycles. The van der Waals surface area contributed by atoms with Gasteiger partial charge in [-0.25, -0.2) is 4.79 Å². The Bertz CT molecular complexity index is 644. The van der Waals surface area contributed by atoms with Gasteiger partial charge < -0.3 is 29.6 Å². The quantitative estimate of drug-likeness (QED) is 0.0280. The summed E-state index contributed by atoms with van der Waals surface area (Å²) in [5, 5.41) is 20.3. The number of hydrogen-bond donors (Lipinski definition) is 2. The van der Waals surface area contributed by atoms with Crippen LogP contribution in [0.5, 0.6) is 0 Å². The zero-order valence-corrected chi connectivity index (χ0v) is 17.0. The lowest BCUT2D eigenvalue weighted by Gasteiger charge is -2.16. The molecule has 0 heterocycles. The van der Waals surface area contributed by atoms with E-state index in [0.29, 0.717) is 6.42 Å². The summed E-state index contributed by atoms with van der Waals surface area (Å²) in [5.41, 5.74) is 5.60. The molecule has 3 N–H and O–H groups in total. The van der Waals surface area contributed by atoms with Gasteiger partial charge in [-0.15, -0.1) is 20.2 Å². The van der Waals surface area contributed by atoms with Crippen LogP contribution in [0, 0.1) is 20.2 Å². The molecule has 0 aliphatic rings. The highest BCUT2D eigenvalue weighted by atomic mass is 17.0. The first-order chi connectivity index (χ1) is 15.2. The van der Waals surface area contributed by atoms with Crippen molar-refractivity contribution in [1.82, 2.24) is 5.32 Å². The first kappa shape index (κ1) is 28.1. The van der Waals surface area contributed by atoms with Crippen LogP contribution < -0.4 is 11.1 Å². The topological polar surface area (TPSA) is 234 Å². The number of ether oxygens (including phenoxy) is 3. The lowest BCUT2D eigenvalue weighted by molar-refractivity contribution is -0.757. The van der Waals surface area contributed by atoms with Crippen LogP contribution in [-0.2, 0) is 33.5 Å². The molecule has 0 aromatic carbocycles. The Morgan fingerprint density at radius 1 is 1.00 bits per heavy atom. The molecule has 17 heteroatoms. The van der Waals surface area contributed by atoms with Crippen molar-refractivity contribution in [3.63, 3.8) is 0 Å². The van der Waals surface area contributed by atoms with E-state index < -0.39 is 28.5 Å². The summed E-state index contributed by atoms with van der Waals surface area (Å²) in [6, 6.07) is 0. The molecule has 0 rings (SSSR count). The van der Waals surface area contributed by atoms with Crippen LogP contribution in [0.15, 0.2) is 4.99 Å². The number of amidine groups is 1. The van der Waals surface area contributed by atoms with Gasteiger partial charge in [-0.05, 0) is 6.42 Å². The highest BCUT2D eigenvalue weighted by Gasteiger charge is 2.14. The Hall–Kier alpha value is -3.92. The van der Waals surface area contributed by atoms with Gasteiger partial charge in [0.15, 0.2) is 6.23 Å². The molecule has 1 amide bonds. The van der Waals surface area contributed by atoms with Crippen molar-refractivity contribution in [1.29, 1.82) is 0 Å². The number of alkyl carbamates (subject to hydrolysis) is 1. The van der Waals surface area contributed by atoms with Crippen LogP contribution in [0.3, 0.4) is 0 Å². The molecule has 1 unspecified atom stereocenters. The van der Waals surface area contributed by atoms with Gasteiger partial charge in [0.1, 0.15) is 12.3 Å². The second-order valence-corrected chi connectivity index (χ2v) is 5.73. The Balaban J connectivity index is 4.05. The fourth-order valence-corrected chi connectivity index (χ4v) is 1.92. The first-order valence-corrected chi connectivity index (χ1v) is 9.26. The van der Waals surface area contributed by atoms with Crippen LogP contribution in [-0.4, -0.2) is 73.7 Å². The number of esters is 1. The summed E-state index contributed by atoms with van der Waals surface area (Å²) in [6.07, 6.45) is -1.46. The minimum atomic E-state index is -1.00. The van der Waals surface area contributed by atoms with Crippen LogP contribution in [0.1, 0.15) is 32.1 Å². The molecule has 0 aliphatic carbocycles. The van der Waals surface area contributed by atoms with Crippen LogP contribution >= 0.6 is 0 Å². The number of hydrogen-bond acceptors (Lipinski definition) is 13. The monoisotopic (exact) mass is 467 g/mol. The van der Waals surface area contributed by atoms with Gasteiger partial charge in [0.05, 0.1) is 26.4 Å². The lowest BCUT2D eigenvalue weighted by Crippen LogP contribution is -2.37. The van der Waals surface area contributed by atoms with Gasteiger partial charge in [-0.1, -0.05) is 0 Å². The van der Waals surface area contributed by atoms with E-state index in [9.17, 15) is 34.6 Å². The highest BCUT2D eigenvalue weighted by molar-refractivity contribution is 5.96. The van der Waals surface area contributed by atoms with Crippen molar-refractivity contribution in [3.8, 4) is 0 Å². The Morgan fingerprint density at radius 3 is 2.16 bits per heavy atom. The summed E-state index contributed by atoms with van der Waals surface area (Å²) < 4.78 is 14.3. The third-order valence-electron chi connectivity index (χ3n) is 3.23. The molecule has 0 spiro atoms. The fourth-order valence-electron chi connectivity index (χ4n) is 1.92. The maximum atomic E-state index is 11.6. The Labute approximate surface area is 181 Å². The number of carbonyl (C=O) groups is 3. The second-order valence-electron chi connectivity index (χ2n) is 5.73. The van der Waals surface area contributed by atoms with E-state index in [1.165, 1.54) is 0 Å². The zero-order valence-electron chi connectivity index (χ0n) is 17.0. The number of carbonyl (C=O) groups excluding carboxylic acids is 3. The van der Waals surface area contributed by atoms with Crippen LogP contribution in [0.4, 0.5) is 4.79 Å². The van der Waals surface area contributed by atoms with Crippen molar-refractivity contribution in [2.75, 3.05) is 33.0 Å². The standard InChI is InChI=1S/C15H25N5O12/c16-12(10-14(22)28-6-2-8-31-19(24)25)17-5-1-4-13(30-11-21)18-15(23)29-7-3-9-32-20(26)27/h11,13H,1-10H2,(H2,16,17)(H,18,23). The minimum Gasteiger partial charge on any atom is -0.465 e. The van der Waals surface area contributed by atoms with Crippen molar-refractivity contribution < 1.29 is 48.4 Å². The molecule has 0 saturated carbocycles. The van der Waals surface area contributed by atoms with E-state index in [0.717, 1.165) is 0 Å². The first-order valence-electron chi connectivity index (χ1n) is 9.26. The molecule has 0 aromatic heterocycles. The molecule has 17 nitrogen and oxygen atoms in total. The summed E-state index contributed by atoms with van der Waals surface area (Å²) >= 11 is 0. The van der Waals surface area contributed by atoms with Gasteiger partial charge in [0.25, 0.3) is 16.6 Å². The number of rotatable bonds is 19. The average Bonchev–Trinajstić information content (AvgIpc) is 2.70. The Morgan fingerprint density at radius 2 is 1.59 bits per heavy atom. The van der Waals surface area contributed by atoms with Gasteiger partial charge in [-0.3, -0.25) is 19.9 Å². The molecular formula is C15H25N5O12. The summed E-state index contributed by atoms with van der Waals surface area (Å²) in [4.78, 5) is 65.7. The number of nitrogens with zero attached hydrogens (tertiary/aromatic N) is 3. The molecule has 0 radical (unpaired) electrons. The van der Waals surface area contributed by atoms with Gasteiger partial charge in [0.2, 0.25) is 0 Å². The second kappa shape index (κ2) is 17.9. The summed E-state index contributed by atoms with van der Waals surface area (Å²) in [6.45, 7) is -0.366. The number of aliphatic imine (C=N–C) groups is 1. The third kappa shape index (κ3) is 18.1. The predicted octanol–water partition coefficient (Wildman–Crippen LogP) is -0.521. The molecular weight excluding hydrogens is 442 g/mol. The maximum Gasteiger partial charge on any atom is 0.409 e. The fraction of sp³-hybridized carbons (Fsp3) is 0.733. The average molecular weight is 467 g/mol. The van der Waals surface area contributed by atoms with Gasteiger partial charge >= 0.3 is 12.1 Å². The molecule has 182 valence electrons. The summed E-state index contributed by atoms with van der Waals surface area (Å²) in [5.74, 6) is -0.670. The van der Waals surface area contributed by atoms with E-state index in [1.807, 2.05) is 0 Å².